The van der Waals surface area contributed by atoms with Gasteiger partial charge in [-0.2, -0.15) is 9.57 Å². The predicted molar refractivity (Wildman–Crippen MR) is 96.9 cm³/mol. The molecule has 0 N–H and O–H groups in total. The van der Waals surface area contributed by atoms with Crippen LogP contribution >= 0.6 is 0 Å². The van der Waals surface area contributed by atoms with E-state index in [1.807, 2.05) is 13.0 Å². The molecule has 0 bridgehead atoms. The summed E-state index contributed by atoms with van der Waals surface area (Å²) in [4.78, 5) is 25.7. The van der Waals surface area contributed by atoms with Crippen molar-refractivity contribution in [2.24, 2.45) is 0 Å². The molecule has 1 atom stereocenters. The van der Waals surface area contributed by atoms with Gasteiger partial charge in [0.15, 0.2) is 6.61 Å². The molecule has 1 heterocycles. The summed E-state index contributed by atoms with van der Waals surface area (Å²) < 4.78 is 31.9. The van der Waals surface area contributed by atoms with Gasteiger partial charge < -0.3 is 9.64 Å². The summed E-state index contributed by atoms with van der Waals surface area (Å²) in [5.41, 5.74) is 0.936. The Labute approximate surface area is 159 Å². The van der Waals surface area contributed by atoms with Crippen LogP contribution in [0.15, 0.2) is 29.2 Å². The average Bonchev–Trinajstić information content (AvgIpc) is 3.15. The SMILES string of the molecule is Cc1ccc(S(=O)(=O)N2CCC[C@H]2C(=O)OCC(=O)N(C)CCC#N)cc1. The number of hydrogen-bond donors (Lipinski definition) is 0. The second kappa shape index (κ2) is 8.97. The Hall–Kier alpha value is -2.44. The first-order valence-electron chi connectivity index (χ1n) is 8.63. The fourth-order valence-electron chi connectivity index (χ4n) is 2.79. The Morgan fingerprint density at radius 1 is 1.33 bits per heavy atom. The maximum Gasteiger partial charge on any atom is 0.324 e. The molecule has 1 aliphatic heterocycles. The van der Waals surface area contributed by atoms with Crippen molar-refractivity contribution >= 4 is 21.9 Å². The van der Waals surface area contributed by atoms with Crippen molar-refractivity contribution in [2.75, 3.05) is 26.7 Å². The molecule has 0 spiro atoms. The van der Waals surface area contributed by atoms with Gasteiger partial charge in [-0.25, -0.2) is 8.42 Å². The molecule has 146 valence electrons. The average molecular weight is 393 g/mol. The summed E-state index contributed by atoms with van der Waals surface area (Å²) in [5.74, 6) is -1.17. The molecule has 1 aromatic carbocycles. The molecule has 2 rings (SSSR count). The van der Waals surface area contributed by atoms with Gasteiger partial charge in [0.2, 0.25) is 10.0 Å². The summed E-state index contributed by atoms with van der Waals surface area (Å²) in [6, 6.07) is 7.42. The number of nitrogens with zero attached hydrogens (tertiary/aromatic N) is 3. The van der Waals surface area contributed by atoms with Gasteiger partial charge >= 0.3 is 5.97 Å². The standard InChI is InChI=1S/C18H23N3O5S/c1-14-6-8-15(9-7-14)27(24,25)21-12-3-5-16(21)18(23)26-13-17(22)20(2)11-4-10-19/h6-9,16H,3-5,11-13H2,1-2H3/t16-/m0/s1. The first-order valence-corrected chi connectivity index (χ1v) is 10.1. The highest BCUT2D eigenvalue weighted by atomic mass is 32.2. The van der Waals surface area contributed by atoms with Crippen LogP contribution in [0.5, 0.6) is 0 Å². The second-order valence-corrected chi connectivity index (χ2v) is 8.31. The monoisotopic (exact) mass is 393 g/mol. The number of benzene rings is 1. The van der Waals surface area contributed by atoms with E-state index in [1.54, 1.807) is 12.1 Å². The van der Waals surface area contributed by atoms with Crippen LogP contribution in [0.1, 0.15) is 24.8 Å². The van der Waals surface area contributed by atoms with E-state index in [9.17, 15) is 18.0 Å². The number of amides is 1. The molecule has 1 fully saturated rings. The Bertz CT molecular complexity index is 830. The van der Waals surface area contributed by atoms with E-state index < -0.39 is 34.5 Å². The summed E-state index contributed by atoms with van der Waals surface area (Å²) in [7, 11) is -2.30. The Morgan fingerprint density at radius 2 is 2.00 bits per heavy atom. The van der Waals surface area contributed by atoms with E-state index in [0.29, 0.717) is 12.8 Å². The van der Waals surface area contributed by atoms with Crippen LogP contribution in [0.3, 0.4) is 0 Å². The zero-order chi connectivity index (χ0) is 20.0. The van der Waals surface area contributed by atoms with Gasteiger partial charge in [-0.05, 0) is 31.9 Å². The Balaban J connectivity index is 2.03. The van der Waals surface area contributed by atoms with Crippen LogP contribution in [-0.2, 0) is 24.3 Å². The number of ether oxygens (including phenoxy) is 1. The molecule has 0 aromatic heterocycles. The first kappa shape index (κ1) is 20.9. The molecule has 0 unspecified atom stereocenters. The fraction of sp³-hybridized carbons (Fsp3) is 0.500. The third-order valence-electron chi connectivity index (χ3n) is 4.43. The lowest BCUT2D eigenvalue weighted by atomic mass is 10.2. The maximum absolute atomic E-state index is 12.8. The highest BCUT2D eigenvalue weighted by molar-refractivity contribution is 7.89. The van der Waals surface area contributed by atoms with Crippen molar-refractivity contribution in [3.8, 4) is 6.07 Å². The smallest absolute Gasteiger partial charge is 0.324 e. The maximum atomic E-state index is 12.8. The summed E-state index contributed by atoms with van der Waals surface area (Å²) in [6.07, 6.45) is 1.07. The number of esters is 1. The molecule has 8 nitrogen and oxygen atoms in total. The molecular weight excluding hydrogens is 370 g/mol. The number of hydrogen-bond acceptors (Lipinski definition) is 6. The van der Waals surface area contributed by atoms with E-state index in [2.05, 4.69) is 0 Å². The third-order valence-corrected chi connectivity index (χ3v) is 6.35. The number of nitriles is 1. The number of aryl methyl sites for hydroxylation is 1. The van der Waals surface area contributed by atoms with Crippen LogP contribution in [0.2, 0.25) is 0 Å². The van der Waals surface area contributed by atoms with E-state index >= 15 is 0 Å². The zero-order valence-corrected chi connectivity index (χ0v) is 16.2. The van der Waals surface area contributed by atoms with Crippen LogP contribution in [0.25, 0.3) is 0 Å². The third kappa shape index (κ3) is 5.05. The van der Waals surface area contributed by atoms with Gasteiger partial charge in [0.05, 0.1) is 17.4 Å². The van der Waals surface area contributed by atoms with E-state index in [-0.39, 0.29) is 24.4 Å². The lowest BCUT2D eigenvalue weighted by Gasteiger charge is -2.23. The van der Waals surface area contributed by atoms with Crippen molar-refractivity contribution in [1.29, 1.82) is 5.26 Å². The number of sulfonamides is 1. The van der Waals surface area contributed by atoms with E-state index in [0.717, 1.165) is 9.87 Å². The Morgan fingerprint density at radius 3 is 2.63 bits per heavy atom. The lowest BCUT2D eigenvalue weighted by molar-refractivity contribution is -0.154. The minimum absolute atomic E-state index is 0.125. The van der Waals surface area contributed by atoms with Gasteiger partial charge in [-0.3, -0.25) is 9.59 Å². The van der Waals surface area contributed by atoms with Crippen molar-refractivity contribution in [3.63, 3.8) is 0 Å². The molecule has 9 heteroatoms. The minimum Gasteiger partial charge on any atom is -0.454 e. The largest absolute Gasteiger partial charge is 0.454 e. The number of rotatable bonds is 7. The van der Waals surface area contributed by atoms with Crippen LogP contribution in [0, 0.1) is 18.3 Å². The van der Waals surface area contributed by atoms with Crippen LogP contribution in [0.4, 0.5) is 0 Å². The highest BCUT2D eigenvalue weighted by Gasteiger charge is 2.40. The lowest BCUT2D eigenvalue weighted by Crippen LogP contribution is -2.42. The first-order chi connectivity index (χ1) is 12.8. The topological polar surface area (TPSA) is 108 Å². The van der Waals surface area contributed by atoms with Gasteiger partial charge in [0.1, 0.15) is 6.04 Å². The van der Waals surface area contributed by atoms with Gasteiger partial charge in [-0.15, -0.1) is 0 Å². The molecule has 0 aliphatic carbocycles. The van der Waals surface area contributed by atoms with Crippen LogP contribution < -0.4 is 0 Å². The normalized spacial score (nSPS) is 17.3. The predicted octanol–water partition coefficient (Wildman–Crippen LogP) is 1.06. The second-order valence-electron chi connectivity index (χ2n) is 6.42. The van der Waals surface area contributed by atoms with Crippen molar-refractivity contribution in [1.82, 2.24) is 9.21 Å². The van der Waals surface area contributed by atoms with Gasteiger partial charge in [0, 0.05) is 20.1 Å². The van der Waals surface area contributed by atoms with E-state index in [4.69, 9.17) is 10.00 Å². The van der Waals surface area contributed by atoms with Crippen molar-refractivity contribution in [2.45, 2.75) is 37.1 Å². The number of carbonyl (C=O) groups excluding carboxylic acids is 2. The van der Waals surface area contributed by atoms with Crippen molar-refractivity contribution < 1.29 is 22.7 Å². The molecule has 0 saturated carbocycles. The van der Waals surface area contributed by atoms with Gasteiger partial charge in [0.25, 0.3) is 5.91 Å². The summed E-state index contributed by atoms with van der Waals surface area (Å²) in [5, 5.41) is 8.54. The fourth-order valence-corrected chi connectivity index (χ4v) is 4.44. The van der Waals surface area contributed by atoms with E-state index in [1.165, 1.54) is 24.1 Å². The molecule has 27 heavy (non-hydrogen) atoms. The number of carbonyl (C=O) groups is 2. The quantitative estimate of drug-likeness (QED) is 0.641. The molecule has 1 aromatic rings. The number of likely N-dealkylation sites (N-methyl/N-ethyl adjacent to an activating group) is 1. The minimum atomic E-state index is -3.82. The molecule has 1 saturated heterocycles. The molecular formula is C18H23N3O5S. The summed E-state index contributed by atoms with van der Waals surface area (Å²) >= 11 is 0. The molecule has 0 radical (unpaired) electrons. The zero-order valence-electron chi connectivity index (χ0n) is 15.4. The van der Waals surface area contributed by atoms with Gasteiger partial charge in [-0.1, -0.05) is 17.7 Å². The molecule has 1 aliphatic rings. The molecule has 1 amide bonds. The summed E-state index contributed by atoms with van der Waals surface area (Å²) in [6.45, 7) is 1.85. The highest BCUT2D eigenvalue weighted by Crippen LogP contribution is 2.27. The van der Waals surface area contributed by atoms with Crippen LogP contribution in [-0.4, -0.2) is 62.3 Å². The Kier molecular flexibility index (Phi) is 6.93. The van der Waals surface area contributed by atoms with Crippen molar-refractivity contribution in [3.05, 3.63) is 29.8 Å².